The van der Waals surface area contributed by atoms with Crippen molar-refractivity contribution in [2.24, 2.45) is 0 Å². The van der Waals surface area contributed by atoms with Gasteiger partial charge in [-0.05, 0) is 6.07 Å². The van der Waals surface area contributed by atoms with Crippen molar-refractivity contribution in [2.75, 3.05) is 0 Å². The molecule has 0 unspecified atom stereocenters. The third kappa shape index (κ3) is 3.49. The Labute approximate surface area is 86.0 Å². The van der Waals surface area contributed by atoms with Crippen molar-refractivity contribution in [3.8, 4) is 0 Å². The molecule has 0 N–H and O–H groups in total. The van der Waals surface area contributed by atoms with Crippen molar-refractivity contribution in [3.05, 3.63) is 29.6 Å². The summed E-state index contributed by atoms with van der Waals surface area (Å²) in [6, 6.07) is 5.06. The van der Waals surface area contributed by atoms with Crippen LogP contribution in [0.2, 0.25) is 0 Å². The molecule has 0 aliphatic heterocycles. The van der Waals surface area contributed by atoms with Crippen molar-refractivity contribution in [2.45, 2.75) is 5.03 Å². The van der Waals surface area contributed by atoms with Crippen LogP contribution in [0.25, 0.3) is 0 Å². The predicted molar refractivity (Wildman–Crippen MR) is 32.7 cm³/mol. The van der Waals surface area contributed by atoms with Gasteiger partial charge in [0, 0.05) is 46.3 Å². The molecule has 2 nitrogen and oxygen atoms in total. The van der Waals surface area contributed by atoms with Crippen molar-refractivity contribution in [1.29, 1.82) is 0 Å². The maximum Gasteiger partial charge on any atom is 0.248 e. The quantitative estimate of drug-likeness (QED) is 0.312. The summed E-state index contributed by atoms with van der Waals surface area (Å²) in [5, 5.41) is 10.9. The van der Waals surface area contributed by atoms with E-state index in [4.69, 9.17) is 0 Å². The largest absolute Gasteiger partial charge is 0.618 e. The molecular weight excluding hydrogens is 249 g/mol. The number of pyridine rings is 1. The molecule has 0 atom stereocenters. The fourth-order valence-electron chi connectivity index (χ4n) is 0.419. The number of aromatic nitrogens is 1. The minimum atomic E-state index is 0. The third-order valence-corrected chi connectivity index (χ3v) is 1.15. The average Bonchev–Trinajstić information content (AvgIpc) is 1.77. The van der Waals surface area contributed by atoms with Crippen LogP contribution >= 0.6 is 12.6 Å². The molecule has 0 aromatic carbocycles. The molecule has 0 aliphatic carbocycles. The summed E-state index contributed by atoms with van der Waals surface area (Å²) < 4.78 is 0.698. The van der Waals surface area contributed by atoms with Gasteiger partial charge in [0.05, 0.1) is 0 Å². The van der Waals surface area contributed by atoms with Gasteiger partial charge in [0.1, 0.15) is 0 Å². The first-order valence-corrected chi connectivity index (χ1v) is 2.62. The number of hydrogen-bond acceptors (Lipinski definition) is 2. The molecule has 1 aromatic rings. The van der Waals surface area contributed by atoms with Crippen LogP contribution < -0.4 is 4.73 Å². The van der Waals surface area contributed by atoms with Gasteiger partial charge in [-0.1, -0.05) is 12.6 Å². The molecule has 0 aliphatic rings. The number of nitrogens with zero attached hydrogens (tertiary/aromatic N) is 1. The van der Waals surface area contributed by atoms with Crippen molar-refractivity contribution in [1.82, 2.24) is 0 Å². The van der Waals surface area contributed by atoms with Gasteiger partial charge in [0.15, 0.2) is 6.20 Å². The molecule has 0 spiro atoms. The van der Waals surface area contributed by atoms with E-state index in [9.17, 15) is 5.21 Å². The Hall–Kier alpha value is 0.339. The van der Waals surface area contributed by atoms with Crippen LogP contribution in [0.3, 0.4) is 0 Å². The zero-order valence-corrected chi connectivity index (χ0v) is 7.49. The molecule has 1 heterocycles. The summed E-state index contributed by atoms with van der Waals surface area (Å²) >= 11 is 3.85. The number of hydrogen-bond donors (Lipinski definition) is 1. The average molecular weight is 254 g/mol. The van der Waals surface area contributed by atoms with Crippen LogP contribution in [0.1, 0.15) is 0 Å². The molecule has 0 fully saturated rings. The fourth-order valence-corrected chi connectivity index (χ4v) is 0.572. The van der Waals surface area contributed by atoms with E-state index in [0.29, 0.717) is 9.76 Å². The van der Waals surface area contributed by atoms with Gasteiger partial charge in [-0.15, -0.1) is 0 Å². The molecule has 1 rings (SSSR count). The fraction of sp³-hybridized carbons (Fsp3) is 0. The zero-order valence-electron chi connectivity index (χ0n) is 4.72. The molecule has 0 amide bonds. The summed E-state index contributed by atoms with van der Waals surface area (Å²) in [6.45, 7) is 0. The van der Waals surface area contributed by atoms with Crippen molar-refractivity contribution >= 4 is 12.6 Å². The second-order valence-corrected chi connectivity index (χ2v) is 1.84. The van der Waals surface area contributed by atoms with Crippen LogP contribution in [0.15, 0.2) is 29.4 Å². The summed E-state index contributed by atoms with van der Waals surface area (Å²) in [5.74, 6) is 0. The van der Waals surface area contributed by atoms with Gasteiger partial charge in [-0.2, -0.15) is 4.73 Å². The molecule has 5 heteroatoms. The third-order valence-electron chi connectivity index (χ3n) is 0.804. The van der Waals surface area contributed by atoms with Crippen LogP contribution in [0, 0.1) is 5.21 Å². The first kappa shape index (κ1) is 13.0. The Morgan fingerprint density at radius 3 is 2.20 bits per heavy atom. The van der Waals surface area contributed by atoms with Crippen molar-refractivity contribution in [3.63, 3.8) is 0 Å². The van der Waals surface area contributed by atoms with E-state index >= 15 is 0 Å². The second kappa shape index (κ2) is 6.08. The Balaban J connectivity index is 0. The standard InChI is InChI=1S/C5H5NOS.2Cu/c7-6-4-2-1-3-5(6)8;;/h1-4,8H;;. The molecule has 10 heavy (non-hydrogen) atoms. The van der Waals surface area contributed by atoms with E-state index < -0.39 is 0 Å². The van der Waals surface area contributed by atoms with E-state index in [0.717, 1.165) is 0 Å². The maximum atomic E-state index is 10.5. The van der Waals surface area contributed by atoms with Crippen LogP contribution in [-0.2, 0) is 34.1 Å². The minimum Gasteiger partial charge on any atom is -0.618 e. The maximum absolute atomic E-state index is 10.5. The summed E-state index contributed by atoms with van der Waals surface area (Å²) in [5.41, 5.74) is 0. The Morgan fingerprint density at radius 2 is 1.90 bits per heavy atom. The van der Waals surface area contributed by atoms with Gasteiger partial charge >= 0.3 is 0 Å². The Bertz CT molecular complexity index is 176. The van der Waals surface area contributed by atoms with Crippen molar-refractivity contribution < 1.29 is 38.9 Å². The smallest absolute Gasteiger partial charge is 0.248 e. The molecular formula is C5H5Cu2NOS. The van der Waals surface area contributed by atoms with Crippen LogP contribution in [0.5, 0.6) is 0 Å². The predicted octanol–water partition coefficient (Wildman–Crippen LogP) is 0.604. The topological polar surface area (TPSA) is 26.9 Å². The van der Waals surface area contributed by atoms with E-state index in [-0.39, 0.29) is 34.1 Å². The zero-order chi connectivity index (χ0) is 5.98. The van der Waals surface area contributed by atoms with Gasteiger partial charge in [0.2, 0.25) is 5.03 Å². The summed E-state index contributed by atoms with van der Waals surface area (Å²) in [6.07, 6.45) is 1.41. The molecule has 0 saturated heterocycles. The van der Waals surface area contributed by atoms with E-state index in [1.54, 1.807) is 18.2 Å². The molecule has 0 saturated carbocycles. The van der Waals surface area contributed by atoms with Crippen LogP contribution in [-0.4, -0.2) is 0 Å². The molecule has 0 bridgehead atoms. The Kier molecular flexibility index (Phi) is 7.88. The number of thiol groups is 1. The molecule has 64 valence electrons. The van der Waals surface area contributed by atoms with E-state index in [2.05, 4.69) is 12.6 Å². The summed E-state index contributed by atoms with van der Waals surface area (Å²) in [7, 11) is 0. The van der Waals surface area contributed by atoms with E-state index in [1.165, 1.54) is 6.20 Å². The molecule has 1 aromatic heterocycles. The minimum absolute atomic E-state index is 0. The van der Waals surface area contributed by atoms with E-state index in [1.807, 2.05) is 0 Å². The van der Waals surface area contributed by atoms with Crippen LogP contribution in [0.4, 0.5) is 0 Å². The summed E-state index contributed by atoms with van der Waals surface area (Å²) in [4.78, 5) is 0. The monoisotopic (exact) mass is 253 g/mol. The first-order valence-electron chi connectivity index (χ1n) is 2.18. The molecule has 2 radical (unpaired) electrons. The SMILES string of the molecule is [Cu].[Cu].[O-][n+]1ccccc1S. The van der Waals surface area contributed by atoms with Gasteiger partial charge in [0.25, 0.3) is 0 Å². The van der Waals surface area contributed by atoms with Gasteiger partial charge < -0.3 is 5.21 Å². The van der Waals surface area contributed by atoms with Gasteiger partial charge in [-0.25, -0.2) is 0 Å². The number of rotatable bonds is 0. The van der Waals surface area contributed by atoms with Gasteiger partial charge in [-0.3, -0.25) is 0 Å². The normalized spacial score (nSPS) is 7.30. The second-order valence-electron chi connectivity index (χ2n) is 1.38. The first-order chi connectivity index (χ1) is 3.80. The Morgan fingerprint density at radius 1 is 1.30 bits per heavy atom.